The van der Waals surface area contributed by atoms with Gasteiger partial charge in [0, 0.05) is 26.2 Å². The summed E-state index contributed by atoms with van der Waals surface area (Å²) in [5.41, 5.74) is 9.71. The molecule has 0 unspecified atom stereocenters. The fraction of sp³-hybridized carbons (Fsp3) is 0.100. The molecule has 13 heteroatoms. The Labute approximate surface area is 256 Å². The normalized spacial score (nSPS) is 10.3. The maximum Gasteiger partial charge on any atom is 0.300 e. The fourth-order valence-electron chi connectivity index (χ4n) is 3.19. The minimum atomic E-state index is -0.833. The summed E-state index contributed by atoms with van der Waals surface area (Å²) in [6.45, 7) is 4.50. The molecule has 0 amide bonds. The van der Waals surface area contributed by atoms with Crippen molar-refractivity contribution in [3.05, 3.63) is 109 Å². The zero-order valence-corrected chi connectivity index (χ0v) is 25.3. The lowest BCUT2D eigenvalue weighted by atomic mass is 10.3. The molecule has 220 valence electrons. The Balaban J connectivity index is 0.000000179. The summed E-state index contributed by atoms with van der Waals surface area (Å²) in [5, 5.41) is 13.3. The van der Waals surface area contributed by atoms with E-state index in [0.29, 0.717) is 5.69 Å². The van der Waals surface area contributed by atoms with Gasteiger partial charge in [0.2, 0.25) is 5.13 Å². The summed E-state index contributed by atoms with van der Waals surface area (Å²) < 4.78 is 2.30. The number of ketones is 1. The minimum absolute atomic E-state index is 0.00981. The van der Waals surface area contributed by atoms with Crippen LogP contribution in [0, 0.1) is 0 Å². The van der Waals surface area contributed by atoms with Crippen molar-refractivity contribution in [3.63, 3.8) is 0 Å². The van der Waals surface area contributed by atoms with Crippen LogP contribution < -0.4 is 16.7 Å². The van der Waals surface area contributed by atoms with Crippen molar-refractivity contribution in [3.8, 4) is 0 Å². The van der Waals surface area contributed by atoms with Crippen LogP contribution in [0.15, 0.2) is 102 Å². The van der Waals surface area contributed by atoms with Crippen LogP contribution in [0.5, 0.6) is 0 Å². The molecular weight excluding hydrogens is 585 g/mol. The van der Waals surface area contributed by atoms with Crippen LogP contribution in [-0.4, -0.2) is 42.5 Å². The maximum atomic E-state index is 10.6. The van der Waals surface area contributed by atoms with Gasteiger partial charge in [-0.3, -0.25) is 30.4 Å². The van der Waals surface area contributed by atoms with E-state index in [1.165, 1.54) is 6.92 Å². The van der Waals surface area contributed by atoms with Gasteiger partial charge in [0.15, 0.2) is 10.9 Å². The zero-order chi connectivity index (χ0) is 31.0. The van der Waals surface area contributed by atoms with Crippen molar-refractivity contribution in [1.82, 2.24) is 19.9 Å². The van der Waals surface area contributed by atoms with Crippen molar-refractivity contribution >= 4 is 70.8 Å². The predicted octanol–water partition coefficient (Wildman–Crippen LogP) is 6.48. The first kappa shape index (κ1) is 32.4. The highest BCUT2D eigenvalue weighted by atomic mass is 32.1. The third kappa shape index (κ3) is 11.0. The number of fused-ring (bicyclic) bond motifs is 2. The molecule has 0 saturated heterocycles. The van der Waals surface area contributed by atoms with Crippen LogP contribution in [0.3, 0.4) is 0 Å². The Morgan fingerprint density at radius 2 is 1.19 bits per heavy atom. The van der Waals surface area contributed by atoms with Gasteiger partial charge in [-0.15, -0.1) is 0 Å². The van der Waals surface area contributed by atoms with Crippen molar-refractivity contribution in [2.24, 2.45) is 10.9 Å². The number of Topliss-reactive ketones (excluding diaryl/α,β-unsaturated/α-hetero) is 1. The summed E-state index contributed by atoms with van der Waals surface area (Å²) in [6.07, 6.45) is 3.36. The number of pyridine rings is 2. The van der Waals surface area contributed by atoms with Gasteiger partial charge in [0.1, 0.15) is 5.69 Å². The van der Waals surface area contributed by atoms with Crippen LogP contribution in [-0.2, 0) is 4.79 Å². The molecule has 6 rings (SSSR count). The van der Waals surface area contributed by atoms with E-state index >= 15 is 0 Å². The zero-order valence-electron chi connectivity index (χ0n) is 23.6. The number of anilines is 2. The molecule has 0 aliphatic heterocycles. The van der Waals surface area contributed by atoms with E-state index < -0.39 is 5.97 Å². The van der Waals surface area contributed by atoms with Crippen LogP contribution in [0.25, 0.3) is 20.4 Å². The second-order valence-corrected chi connectivity index (χ2v) is 10.5. The average Bonchev–Trinajstić information content (AvgIpc) is 3.65. The van der Waals surface area contributed by atoms with Gasteiger partial charge in [0.05, 0.1) is 31.8 Å². The number of hydrazone groups is 1. The number of carbonyl (C=O) groups excluding carboxylic acids is 1. The number of nitrogens with one attached hydrogen (secondary N) is 2. The maximum absolute atomic E-state index is 10.6. The highest BCUT2D eigenvalue weighted by Gasteiger charge is 2.03. The third-order valence-electron chi connectivity index (χ3n) is 5.09. The van der Waals surface area contributed by atoms with E-state index in [4.69, 9.17) is 15.7 Å². The van der Waals surface area contributed by atoms with E-state index in [9.17, 15) is 4.79 Å². The number of carboxylic acid groups (broad SMARTS) is 1. The summed E-state index contributed by atoms with van der Waals surface area (Å²) in [4.78, 5) is 36.3. The number of hydrogen-bond donors (Lipinski definition) is 4. The molecule has 0 atom stereocenters. The molecule has 0 spiro atoms. The van der Waals surface area contributed by atoms with Crippen molar-refractivity contribution in [2.75, 3.05) is 10.9 Å². The number of nitrogens with zero attached hydrogens (tertiary/aromatic N) is 5. The van der Waals surface area contributed by atoms with Gasteiger partial charge in [-0.2, -0.15) is 5.10 Å². The highest BCUT2D eigenvalue weighted by molar-refractivity contribution is 7.22. The van der Waals surface area contributed by atoms with Crippen LogP contribution in [0.4, 0.5) is 10.3 Å². The van der Waals surface area contributed by atoms with Crippen LogP contribution >= 0.6 is 22.7 Å². The quantitative estimate of drug-likeness (QED) is 0.0729. The largest absolute Gasteiger partial charge is 0.481 e. The van der Waals surface area contributed by atoms with E-state index in [-0.39, 0.29) is 5.78 Å². The predicted molar refractivity (Wildman–Crippen MR) is 175 cm³/mol. The van der Waals surface area contributed by atoms with Gasteiger partial charge in [-0.25, -0.2) is 15.8 Å². The number of nitrogens with two attached hydrogens (primary N) is 1. The number of thiazole rings is 2. The van der Waals surface area contributed by atoms with E-state index in [1.807, 2.05) is 73.7 Å². The van der Waals surface area contributed by atoms with Crippen molar-refractivity contribution in [2.45, 2.75) is 20.8 Å². The number of hydrazine groups is 1. The molecular formula is C30H30N8O3S2. The molecule has 0 bridgehead atoms. The molecule has 6 aromatic rings. The van der Waals surface area contributed by atoms with Gasteiger partial charge in [-0.05, 0) is 55.5 Å². The smallest absolute Gasteiger partial charge is 0.300 e. The molecule has 43 heavy (non-hydrogen) atoms. The third-order valence-corrected chi connectivity index (χ3v) is 7.00. The van der Waals surface area contributed by atoms with E-state index in [0.717, 1.165) is 49.0 Å². The fourth-order valence-corrected chi connectivity index (χ4v) is 4.78. The number of aliphatic carboxylic acids is 1. The van der Waals surface area contributed by atoms with Gasteiger partial charge >= 0.3 is 0 Å². The van der Waals surface area contributed by atoms with Gasteiger partial charge < -0.3 is 5.11 Å². The molecule has 0 radical (unpaired) electrons. The van der Waals surface area contributed by atoms with E-state index in [2.05, 4.69) is 35.9 Å². The number of carbonyl (C=O) groups is 2. The lowest BCUT2D eigenvalue weighted by molar-refractivity contribution is -0.134. The Bertz CT molecular complexity index is 1700. The Morgan fingerprint density at radius 3 is 1.63 bits per heavy atom. The molecule has 0 saturated carbocycles. The Morgan fingerprint density at radius 1 is 0.721 bits per heavy atom. The molecule has 0 fully saturated rings. The molecule has 4 aromatic heterocycles. The first-order chi connectivity index (χ1) is 20.8. The lowest BCUT2D eigenvalue weighted by Gasteiger charge is -1.99. The topological polar surface area (TPSA) is 168 Å². The number of aromatic nitrogens is 4. The van der Waals surface area contributed by atoms with Gasteiger partial charge in [0.25, 0.3) is 5.97 Å². The van der Waals surface area contributed by atoms with E-state index in [1.54, 1.807) is 53.3 Å². The lowest BCUT2D eigenvalue weighted by Crippen LogP contribution is -2.05. The average molecular weight is 615 g/mol. The van der Waals surface area contributed by atoms with Crippen molar-refractivity contribution in [1.29, 1.82) is 0 Å². The Hall–Kier alpha value is -5.11. The molecule has 0 aliphatic rings. The molecule has 2 aromatic carbocycles. The number of para-hydroxylation sites is 2. The number of carboxylic acids is 1. The second-order valence-electron chi connectivity index (χ2n) is 8.43. The number of rotatable bonds is 5. The summed E-state index contributed by atoms with van der Waals surface area (Å²) in [7, 11) is 0. The molecule has 11 nitrogen and oxygen atoms in total. The molecule has 5 N–H and O–H groups in total. The number of benzene rings is 2. The number of hydrogen-bond acceptors (Lipinski definition) is 12. The van der Waals surface area contributed by atoms with Crippen LogP contribution in [0.1, 0.15) is 37.0 Å². The molecule has 0 aliphatic carbocycles. The highest BCUT2D eigenvalue weighted by Crippen LogP contribution is 2.25. The Kier molecular flexibility index (Phi) is 12.8. The van der Waals surface area contributed by atoms with Gasteiger partial charge in [-0.1, -0.05) is 59.1 Å². The first-order valence-electron chi connectivity index (χ1n) is 12.8. The molecule has 4 heterocycles. The second kappa shape index (κ2) is 17.0. The summed E-state index contributed by atoms with van der Waals surface area (Å²) in [6, 6.07) is 27.0. The van der Waals surface area contributed by atoms with Crippen molar-refractivity contribution < 1.29 is 14.7 Å². The standard InChI is InChI=1S/C14H12N4S.C7H7N3S.C7H7NO.C2H4O2/c1-10(11-6-4-5-9-15-11)17-18-14-16-12-7-2-3-8-13(12)19-14;8-10-7-9-5-3-1-2-4-6(5)11-7;1-6(9)7-4-2-3-5-8-7;1-2(3)4/h2-9H,1H3,(H,16,18);1-4H,8H2,(H,9,10);2-5H,1H3;1H3,(H,3,4)/b17-10+;;;. The minimum Gasteiger partial charge on any atom is -0.481 e. The summed E-state index contributed by atoms with van der Waals surface area (Å²) in [5.74, 6) is 4.39. The van der Waals surface area contributed by atoms with Crippen LogP contribution in [0.2, 0.25) is 0 Å². The summed E-state index contributed by atoms with van der Waals surface area (Å²) >= 11 is 3.13. The monoisotopic (exact) mass is 614 g/mol. The number of nitrogen functional groups attached to an aromatic ring is 1. The first-order valence-corrected chi connectivity index (χ1v) is 14.4. The SMILES string of the molecule is C/C(=N\Nc1nc2ccccc2s1)c1ccccn1.CC(=O)O.CC(=O)c1ccccn1.NNc1nc2ccccc2s1.